The maximum absolute atomic E-state index is 4.92. The van der Waals surface area contributed by atoms with E-state index in [2.05, 4.69) is 18.1 Å². The summed E-state index contributed by atoms with van der Waals surface area (Å²) in [7, 11) is 0. The fourth-order valence-electron chi connectivity index (χ4n) is 1.03. The van der Waals surface area contributed by atoms with E-state index in [0.717, 1.165) is 0 Å². The molecule has 0 unspecified atom stereocenters. The van der Waals surface area contributed by atoms with Gasteiger partial charge in [-0.3, -0.25) is 0 Å². The maximum atomic E-state index is 4.92. The predicted molar refractivity (Wildman–Crippen MR) is 59.7 cm³/mol. The van der Waals surface area contributed by atoms with E-state index in [-0.39, 0.29) is 0 Å². The minimum atomic E-state index is 1.17. The number of nitrogens with two attached hydrogens (primary N) is 1. The Hall–Kier alpha value is -1.05. The lowest BCUT2D eigenvalue weighted by Crippen LogP contribution is -1.77. The lowest BCUT2D eigenvalue weighted by atomic mass is 10.1. The van der Waals surface area contributed by atoms with Crippen LogP contribution in [0.3, 0.4) is 0 Å². The molecule has 2 heteroatoms. The van der Waals surface area contributed by atoms with Gasteiger partial charge in [-0.2, -0.15) is 5.10 Å². The molecule has 0 saturated carbocycles. The van der Waals surface area contributed by atoms with Gasteiger partial charge in [0, 0.05) is 6.21 Å². The number of hydrogen-bond donors (Lipinski definition) is 1. The van der Waals surface area contributed by atoms with E-state index in [0.29, 0.717) is 0 Å². The molecule has 0 aliphatic heterocycles. The number of hydrazone groups is 1. The van der Waals surface area contributed by atoms with Crippen molar-refractivity contribution in [1.29, 1.82) is 0 Å². The summed E-state index contributed by atoms with van der Waals surface area (Å²) in [6.45, 7) is 2.23. The molecule has 0 amide bonds. The molecule has 0 aromatic carbocycles. The smallest absolute Gasteiger partial charge is 0.0465 e. The first-order valence-corrected chi connectivity index (χ1v) is 4.97. The van der Waals surface area contributed by atoms with E-state index in [4.69, 9.17) is 5.84 Å². The molecule has 0 aromatic rings. The molecule has 0 aliphatic carbocycles. The first kappa shape index (κ1) is 11.9. The van der Waals surface area contributed by atoms with Crippen molar-refractivity contribution in [2.45, 2.75) is 39.0 Å². The van der Waals surface area contributed by atoms with E-state index in [1.54, 1.807) is 6.21 Å². The van der Waals surface area contributed by atoms with Crippen molar-refractivity contribution in [2.75, 3.05) is 0 Å². The standard InChI is InChI=1S/C11H20N2/c1-2-3-4-5-6-7-8-9-10-11-13-12/h7-11H,2-6,12H2,1H3/b8-7+,10-9+,13-11+. The van der Waals surface area contributed by atoms with Gasteiger partial charge in [-0.1, -0.05) is 44.4 Å². The van der Waals surface area contributed by atoms with Crippen molar-refractivity contribution >= 4 is 6.21 Å². The SMILES string of the molecule is CCCCCC/C=C/C=C/C=N/N. The van der Waals surface area contributed by atoms with Crippen LogP contribution < -0.4 is 5.84 Å². The predicted octanol–water partition coefficient (Wildman–Crippen LogP) is 3.01. The molecule has 13 heavy (non-hydrogen) atoms. The Balaban J connectivity index is 3.21. The number of hydrogen-bond acceptors (Lipinski definition) is 2. The van der Waals surface area contributed by atoms with Crippen LogP contribution in [0, 0.1) is 0 Å². The van der Waals surface area contributed by atoms with E-state index in [9.17, 15) is 0 Å². The zero-order valence-corrected chi connectivity index (χ0v) is 8.45. The molecule has 0 saturated heterocycles. The van der Waals surface area contributed by atoms with Crippen molar-refractivity contribution in [3.63, 3.8) is 0 Å². The highest BCUT2D eigenvalue weighted by atomic mass is 15.1. The molecular weight excluding hydrogens is 160 g/mol. The van der Waals surface area contributed by atoms with Gasteiger partial charge >= 0.3 is 0 Å². The lowest BCUT2D eigenvalue weighted by Gasteiger charge is -1.92. The Labute approximate surface area is 81.2 Å². The summed E-state index contributed by atoms with van der Waals surface area (Å²) in [5.74, 6) is 4.92. The Morgan fingerprint density at radius 3 is 2.62 bits per heavy atom. The summed E-state index contributed by atoms with van der Waals surface area (Å²) in [5.41, 5.74) is 0. The summed E-state index contributed by atoms with van der Waals surface area (Å²) in [6, 6.07) is 0. The van der Waals surface area contributed by atoms with Crippen LogP contribution >= 0.6 is 0 Å². The zero-order valence-electron chi connectivity index (χ0n) is 8.45. The van der Waals surface area contributed by atoms with E-state index >= 15 is 0 Å². The topological polar surface area (TPSA) is 38.4 Å². The minimum absolute atomic E-state index is 1.17. The van der Waals surface area contributed by atoms with Crippen molar-refractivity contribution in [3.8, 4) is 0 Å². The molecule has 0 rings (SSSR count). The van der Waals surface area contributed by atoms with E-state index < -0.39 is 0 Å². The highest BCUT2D eigenvalue weighted by molar-refractivity contribution is 5.70. The van der Waals surface area contributed by atoms with Crippen molar-refractivity contribution in [3.05, 3.63) is 24.3 Å². The molecule has 74 valence electrons. The average molecular weight is 180 g/mol. The van der Waals surface area contributed by atoms with Crippen LogP contribution in [-0.2, 0) is 0 Å². The molecule has 2 N–H and O–H groups in total. The van der Waals surface area contributed by atoms with Crippen LogP contribution in [-0.4, -0.2) is 6.21 Å². The Morgan fingerprint density at radius 1 is 1.08 bits per heavy atom. The van der Waals surface area contributed by atoms with Crippen LogP contribution in [0.5, 0.6) is 0 Å². The van der Waals surface area contributed by atoms with Crippen LogP contribution in [0.15, 0.2) is 29.4 Å². The number of allylic oxidation sites excluding steroid dienone is 4. The number of unbranched alkanes of at least 4 members (excludes halogenated alkanes) is 4. The zero-order chi connectivity index (χ0) is 9.78. The van der Waals surface area contributed by atoms with Gasteiger partial charge in [-0.05, 0) is 18.9 Å². The molecule has 0 atom stereocenters. The van der Waals surface area contributed by atoms with Gasteiger partial charge < -0.3 is 5.84 Å². The van der Waals surface area contributed by atoms with Gasteiger partial charge in [-0.15, -0.1) is 0 Å². The first-order chi connectivity index (χ1) is 6.41. The normalized spacial score (nSPS) is 12.4. The van der Waals surface area contributed by atoms with Crippen LogP contribution in [0.1, 0.15) is 39.0 Å². The second-order valence-corrected chi connectivity index (χ2v) is 2.96. The lowest BCUT2D eigenvalue weighted by molar-refractivity contribution is 0.674. The second-order valence-electron chi connectivity index (χ2n) is 2.96. The van der Waals surface area contributed by atoms with Crippen LogP contribution in [0.2, 0.25) is 0 Å². The minimum Gasteiger partial charge on any atom is -0.323 e. The van der Waals surface area contributed by atoms with Gasteiger partial charge in [0.2, 0.25) is 0 Å². The molecule has 0 spiro atoms. The monoisotopic (exact) mass is 180 g/mol. The molecule has 0 aromatic heterocycles. The highest BCUT2D eigenvalue weighted by Crippen LogP contribution is 2.02. The fraction of sp³-hybridized carbons (Fsp3) is 0.545. The third kappa shape index (κ3) is 10.9. The summed E-state index contributed by atoms with van der Waals surface area (Å²) in [5, 5.41) is 3.35. The van der Waals surface area contributed by atoms with E-state index in [1.807, 2.05) is 18.2 Å². The quantitative estimate of drug-likeness (QED) is 0.211. The Bertz CT molecular complexity index is 169. The summed E-state index contributed by atoms with van der Waals surface area (Å²) >= 11 is 0. The molecule has 0 bridgehead atoms. The summed E-state index contributed by atoms with van der Waals surface area (Å²) in [4.78, 5) is 0. The Kier molecular flexibility index (Phi) is 10.1. The third-order valence-corrected chi connectivity index (χ3v) is 1.75. The Morgan fingerprint density at radius 2 is 1.92 bits per heavy atom. The highest BCUT2D eigenvalue weighted by Gasteiger charge is 1.82. The molecule has 0 radical (unpaired) electrons. The summed E-state index contributed by atoms with van der Waals surface area (Å²) < 4.78 is 0. The van der Waals surface area contributed by atoms with Crippen molar-refractivity contribution in [2.24, 2.45) is 10.9 Å². The molecule has 0 aliphatic rings. The number of nitrogens with zero attached hydrogens (tertiary/aromatic N) is 1. The van der Waals surface area contributed by atoms with Crippen molar-refractivity contribution in [1.82, 2.24) is 0 Å². The molecule has 0 fully saturated rings. The molecule has 0 heterocycles. The van der Waals surface area contributed by atoms with Gasteiger partial charge in [0.05, 0.1) is 0 Å². The molecular formula is C11H20N2. The number of rotatable bonds is 7. The van der Waals surface area contributed by atoms with Gasteiger partial charge in [0.1, 0.15) is 0 Å². The van der Waals surface area contributed by atoms with Crippen molar-refractivity contribution < 1.29 is 0 Å². The van der Waals surface area contributed by atoms with Crippen LogP contribution in [0.4, 0.5) is 0 Å². The van der Waals surface area contributed by atoms with Crippen LogP contribution in [0.25, 0.3) is 0 Å². The third-order valence-electron chi connectivity index (χ3n) is 1.75. The second kappa shape index (κ2) is 11.0. The fourth-order valence-corrected chi connectivity index (χ4v) is 1.03. The largest absolute Gasteiger partial charge is 0.323 e. The van der Waals surface area contributed by atoms with Gasteiger partial charge in [-0.25, -0.2) is 0 Å². The van der Waals surface area contributed by atoms with E-state index in [1.165, 1.54) is 32.1 Å². The first-order valence-electron chi connectivity index (χ1n) is 4.97. The maximum Gasteiger partial charge on any atom is 0.0465 e. The molecule has 2 nitrogen and oxygen atoms in total. The van der Waals surface area contributed by atoms with Gasteiger partial charge in [0.25, 0.3) is 0 Å². The van der Waals surface area contributed by atoms with Gasteiger partial charge in [0.15, 0.2) is 0 Å². The summed E-state index contributed by atoms with van der Waals surface area (Å²) in [6.07, 6.45) is 16.0. The average Bonchev–Trinajstić information content (AvgIpc) is 2.16.